The third-order valence-electron chi connectivity index (χ3n) is 6.28. The highest BCUT2D eigenvalue weighted by Gasteiger charge is 2.43. The smallest absolute Gasteiger partial charge is 0.290 e. The molecule has 2 aliphatic rings. The largest absolute Gasteiger partial charge is 0.496 e. The molecule has 3 heterocycles. The lowest BCUT2D eigenvalue weighted by Gasteiger charge is -2.29. The van der Waals surface area contributed by atoms with Gasteiger partial charge in [-0.2, -0.15) is 0 Å². The van der Waals surface area contributed by atoms with Crippen molar-refractivity contribution in [3.05, 3.63) is 75.6 Å². The highest BCUT2D eigenvalue weighted by atomic mass is 16.5. The maximum absolute atomic E-state index is 13.5. The third-order valence-corrected chi connectivity index (χ3v) is 6.28. The van der Waals surface area contributed by atoms with E-state index in [2.05, 4.69) is 4.90 Å². The van der Waals surface area contributed by atoms with E-state index in [9.17, 15) is 9.59 Å². The maximum atomic E-state index is 13.5. The molecule has 0 N–H and O–H groups in total. The summed E-state index contributed by atoms with van der Waals surface area (Å²) in [7, 11) is 1.60. The molecule has 0 bridgehead atoms. The number of morpholine rings is 1. The molecule has 0 radical (unpaired) electrons. The Morgan fingerprint density at radius 3 is 2.56 bits per heavy atom. The minimum Gasteiger partial charge on any atom is -0.496 e. The van der Waals surface area contributed by atoms with Gasteiger partial charge in [-0.05, 0) is 24.6 Å². The fraction of sp³-hybridized carbons (Fsp3) is 0.360. The predicted octanol–water partition coefficient (Wildman–Crippen LogP) is 3.07. The quantitative estimate of drug-likeness (QED) is 0.594. The van der Waals surface area contributed by atoms with Crippen LogP contribution < -0.4 is 10.2 Å². The molecule has 5 rings (SSSR count). The molecule has 0 aliphatic carbocycles. The van der Waals surface area contributed by atoms with Gasteiger partial charge in [0.1, 0.15) is 11.3 Å². The number of methoxy groups -OCH3 is 1. The Balaban J connectivity index is 1.55. The van der Waals surface area contributed by atoms with Crippen molar-refractivity contribution in [3.8, 4) is 5.75 Å². The van der Waals surface area contributed by atoms with Crippen molar-refractivity contribution in [1.29, 1.82) is 0 Å². The molecule has 1 fully saturated rings. The first-order valence-electron chi connectivity index (χ1n) is 11.0. The molecule has 2 aliphatic heterocycles. The minimum atomic E-state index is -0.542. The summed E-state index contributed by atoms with van der Waals surface area (Å²) in [6.07, 6.45) is 0.791. The summed E-state index contributed by atoms with van der Waals surface area (Å²) in [6.45, 7) is 4.65. The van der Waals surface area contributed by atoms with E-state index in [0.29, 0.717) is 28.8 Å². The zero-order valence-corrected chi connectivity index (χ0v) is 18.1. The number of carbonyl (C=O) groups is 1. The van der Waals surface area contributed by atoms with Gasteiger partial charge in [-0.3, -0.25) is 14.5 Å². The average molecular weight is 434 g/mol. The SMILES string of the molecule is COc1ccccc1[C@@H]1c2c(oc3ccccc3c2=O)C(=O)N1CCCN1CCOCC1. The van der Waals surface area contributed by atoms with Crippen molar-refractivity contribution in [3.63, 3.8) is 0 Å². The van der Waals surface area contributed by atoms with Crippen molar-refractivity contribution < 1.29 is 18.7 Å². The normalized spacial score (nSPS) is 18.8. The fourth-order valence-electron chi connectivity index (χ4n) is 4.70. The first-order chi connectivity index (χ1) is 15.7. The van der Waals surface area contributed by atoms with E-state index in [-0.39, 0.29) is 17.1 Å². The molecule has 1 amide bonds. The molecule has 0 saturated carbocycles. The highest BCUT2D eigenvalue weighted by molar-refractivity contribution is 5.99. The second-order valence-corrected chi connectivity index (χ2v) is 8.12. The van der Waals surface area contributed by atoms with Crippen molar-refractivity contribution in [2.75, 3.05) is 46.5 Å². The Hall–Kier alpha value is -3.16. The maximum Gasteiger partial charge on any atom is 0.290 e. The summed E-state index contributed by atoms with van der Waals surface area (Å²) in [5.74, 6) is 0.528. The summed E-state index contributed by atoms with van der Waals surface area (Å²) < 4.78 is 17.0. The monoisotopic (exact) mass is 434 g/mol. The van der Waals surface area contributed by atoms with Crippen molar-refractivity contribution >= 4 is 16.9 Å². The molecular weight excluding hydrogens is 408 g/mol. The summed E-state index contributed by atoms with van der Waals surface area (Å²) in [5, 5.41) is 0.481. The number of benzene rings is 2. The van der Waals surface area contributed by atoms with Crippen LogP contribution in [0.2, 0.25) is 0 Å². The molecule has 0 spiro atoms. The number of ether oxygens (including phenoxy) is 2. The zero-order valence-electron chi connectivity index (χ0n) is 18.1. The number of rotatable bonds is 6. The molecule has 1 aromatic heterocycles. The van der Waals surface area contributed by atoms with Crippen LogP contribution >= 0.6 is 0 Å². The molecule has 7 nitrogen and oxygen atoms in total. The number of fused-ring (bicyclic) bond motifs is 2. The number of amides is 1. The van der Waals surface area contributed by atoms with Crippen LogP contribution in [0.4, 0.5) is 0 Å². The second kappa shape index (κ2) is 8.76. The minimum absolute atomic E-state index is 0.135. The predicted molar refractivity (Wildman–Crippen MR) is 120 cm³/mol. The number of hydrogen-bond donors (Lipinski definition) is 0. The first kappa shape index (κ1) is 20.7. The van der Waals surface area contributed by atoms with E-state index >= 15 is 0 Å². The van der Waals surface area contributed by atoms with Gasteiger partial charge in [0.2, 0.25) is 5.76 Å². The highest BCUT2D eigenvalue weighted by Crippen LogP contribution is 2.41. The van der Waals surface area contributed by atoms with E-state index in [4.69, 9.17) is 13.9 Å². The molecule has 3 aromatic rings. The Bertz CT molecular complexity index is 1200. The summed E-state index contributed by atoms with van der Waals surface area (Å²) in [4.78, 5) is 31.1. The van der Waals surface area contributed by atoms with Crippen LogP contribution in [0.1, 0.15) is 34.1 Å². The van der Waals surface area contributed by atoms with E-state index in [0.717, 1.165) is 44.8 Å². The lowest BCUT2D eigenvalue weighted by Crippen LogP contribution is -2.38. The lowest BCUT2D eigenvalue weighted by atomic mass is 9.97. The second-order valence-electron chi connectivity index (χ2n) is 8.12. The Morgan fingerprint density at radius 2 is 1.75 bits per heavy atom. The van der Waals surface area contributed by atoms with E-state index in [1.165, 1.54) is 0 Å². The van der Waals surface area contributed by atoms with Crippen LogP contribution in [0.3, 0.4) is 0 Å². The van der Waals surface area contributed by atoms with Crippen LogP contribution in [0.5, 0.6) is 5.75 Å². The fourth-order valence-corrected chi connectivity index (χ4v) is 4.70. The van der Waals surface area contributed by atoms with Crippen LogP contribution in [0, 0.1) is 0 Å². The number of hydrogen-bond acceptors (Lipinski definition) is 6. The van der Waals surface area contributed by atoms with Gasteiger partial charge in [-0.15, -0.1) is 0 Å². The van der Waals surface area contributed by atoms with Gasteiger partial charge in [0, 0.05) is 31.7 Å². The molecule has 32 heavy (non-hydrogen) atoms. The molecule has 0 unspecified atom stereocenters. The molecule has 7 heteroatoms. The van der Waals surface area contributed by atoms with Gasteiger partial charge in [0.15, 0.2) is 5.43 Å². The summed E-state index contributed by atoms with van der Waals surface area (Å²) in [5.41, 5.74) is 1.45. The summed E-state index contributed by atoms with van der Waals surface area (Å²) >= 11 is 0. The molecule has 1 atom stereocenters. The number of para-hydroxylation sites is 2. The number of nitrogens with zero attached hydrogens (tertiary/aromatic N) is 2. The summed E-state index contributed by atoms with van der Waals surface area (Å²) in [6, 6.07) is 14.1. The van der Waals surface area contributed by atoms with Crippen LogP contribution in [-0.2, 0) is 4.74 Å². The Labute approximate surface area is 186 Å². The van der Waals surface area contributed by atoms with Crippen LogP contribution in [0.15, 0.2) is 57.7 Å². The van der Waals surface area contributed by atoms with Gasteiger partial charge in [-0.1, -0.05) is 30.3 Å². The lowest BCUT2D eigenvalue weighted by molar-refractivity contribution is 0.0353. The average Bonchev–Trinajstić information content (AvgIpc) is 3.11. The van der Waals surface area contributed by atoms with Gasteiger partial charge < -0.3 is 18.8 Å². The van der Waals surface area contributed by atoms with Gasteiger partial charge in [0.05, 0.1) is 37.3 Å². The Morgan fingerprint density at radius 1 is 1.00 bits per heavy atom. The molecular formula is C25H26N2O5. The van der Waals surface area contributed by atoms with Crippen molar-refractivity contribution in [2.24, 2.45) is 0 Å². The molecule has 166 valence electrons. The Kier molecular flexibility index (Phi) is 5.68. The van der Waals surface area contributed by atoms with Gasteiger partial charge in [-0.25, -0.2) is 0 Å². The topological polar surface area (TPSA) is 72.2 Å². The van der Waals surface area contributed by atoms with Gasteiger partial charge in [0.25, 0.3) is 5.91 Å². The van der Waals surface area contributed by atoms with Gasteiger partial charge >= 0.3 is 0 Å². The standard InChI is InChI=1S/C25H26N2O5/c1-30-19-9-4-2-7-17(19)22-21-23(28)18-8-3-5-10-20(18)32-24(21)25(29)27(22)12-6-11-26-13-15-31-16-14-26/h2-5,7-10,22H,6,11-16H2,1H3/t22-/m1/s1. The van der Waals surface area contributed by atoms with E-state index in [1.54, 1.807) is 36.3 Å². The zero-order chi connectivity index (χ0) is 22.1. The molecule has 2 aromatic carbocycles. The first-order valence-corrected chi connectivity index (χ1v) is 11.0. The van der Waals surface area contributed by atoms with Crippen molar-refractivity contribution in [1.82, 2.24) is 9.80 Å². The number of carbonyl (C=O) groups excluding carboxylic acids is 1. The van der Waals surface area contributed by atoms with Crippen LogP contribution in [0.25, 0.3) is 11.0 Å². The third kappa shape index (κ3) is 3.57. The van der Waals surface area contributed by atoms with Crippen molar-refractivity contribution in [2.45, 2.75) is 12.5 Å². The van der Waals surface area contributed by atoms with Crippen LogP contribution in [-0.4, -0.2) is 62.2 Å². The van der Waals surface area contributed by atoms with E-state index in [1.807, 2.05) is 24.3 Å². The molecule has 1 saturated heterocycles. The van der Waals surface area contributed by atoms with E-state index < -0.39 is 6.04 Å².